The predicted octanol–water partition coefficient (Wildman–Crippen LogP) is 0.139. The lowest BCUT2D eigenvalue weighted by Crippen LogP contribution is -2.30. The van der Waals surface area contributed by atoms with Gasteiger partial charge in [0.05, 0.1) is 4.92 Å². The predicted molar refractivity (Wildman–Crippen MR) is 59.2 cm³/mol. The summed E-state index contributed by atoms with van der Waals surface area (Å²) in [5.41, 5.74) is -1.32. The zero-order chi connectivity index (χ0) is 14.0. The van der Waals surface area contributed by atoms with E-state index in [-0.39, 0.29) is 5.91 Å². The highest BCUT2D eigenvalue weighted by Gasteiger charge is 2.28. The Morgan fingerprint density at radius 1 is 1.56 bits per heavy atom. The molecule has 1 atom stereocenters. The molecule has 0 fully saturated rings. The third-order valence-electron chi connectivity index (χ3n) is 2.31. The van der Waals surface area contributed by atoms with Gasteiger partial charge >= 0.3 is 11.7 Å². The van der Waals surface area contributed by atoms with Crippen LogP contribution in [0.3, 0.4) is 0 Å². The van der Waals surface area contributed by atoms with Crippen molar-refractivity contribution in [3.63, 3.8) is 0 Å². The molecule has 1 rings (SSSR count). The van der Waals surface area contributed by atoms with Crippen molar-refractivity contribution in [1.29, 1.82) is 0 Å². The van der Waals surface area contributed by atoms with Gasteiger partial charge in [0.15, 0.2) is 0 Å². The van der Waals surface area contributed by atoms with Crippen LogP contribution in [0.1, 0.15) is 23.5 Å². The van der Waals surface area contributed by atoms with Gasteiger partial charge in [-0.05, 0) is 6.92 Å². The molecule has 9 heteroatoms. The molecule has 1 aromatic heterocycles. The summed E-state index contributed by atoms with van der Waals surface area (Å²) in [6, 6.07) is -0.813. The first kappa shape index (κ1) is 13.6. The highest BCUT2D eigenvalue weighted by molar-refractivity contribution is 5.90. The standard InChI is InChI=1S/C9H12N4O5/c1-5(8(14)11(2)3)12-4-6(13(17)18)7(10-12)9(15)16/h4-5H,1-3H3,(H,15,16). The van der Waals surface area contributed by atoms with E-state index in [4.69, 9.17) is 5.11 Å². The molecule has 0 radical (unpaired) electrons. The fourth-order valence-corrected chi connectivity index (χ4v) is 1.35. The first-order valence-corrected chi connectivity index (χ1v) is 4.93. The second-order valence-electron chi connectivity index (χ2n) is 3.81. The number of carboxylic acids is 1. The zero-order valence-electron chi connectivity index (χ0n) is 10.0. The van der Waals surface area contributed by atoms with Crippen molar-refractivity contribution < 1.29 is 19.6 Å². The van der Waals surface area contributed by atoms with Gasteiger partial charge in [-0.1, -0.05) is 0 Å². The van der Waals surface area contributed by atoms with Crippen LogP contribution in [0, 0.1) is 10.1 Å². The van der Waals surface area contributed by atoms with E-state index < -0.39 is 28.3 Å². The number of carbonyl (C=O) groups excluding carboxylic acids is 1. The highest BCUT2D eigenvalue weighted by Crippen LogP contribution is 2.19. The van der Waals surface area contributed by atoms with E-state index in [0.29, 0.717) is 0 Å². The van der Waals surface area contributed by atoms with E-state index in [0.717, 1.165) is 10.9 Å². The van der Waals surface area contributed by atoms with Crippen molar-refractivity contribution in [2.24, 2.45) is 0 Å². The Labute approximate surface area is 102 Å². The number of amides is 1. The molecule has 1 unspecified atom stereocenters. The van der Waals surface area contributed by atoms with Gasteiger partial charge in [-0.3, -0.25) is 19.6 Å². The fraction of sp³-hybridized carbons (Fsp3) is 0.444. The third-order valence-corrected chi connectivity index (χ3v) is 2.31. The van der Waals surface area contributed by atoms with Crippen LogP contribution in [-0.4, -0.2) is 50.7 Å². The number of carbonyl (C=O) groups is 2. The number of carboxylic acid groups (broad SMARTS) is 1. The van der Waals surface area contributed by atoms with Gasteiger partial charge < -0.3 is 10.0 Å². The van der Waals surface area contributed by atoms with Crippen LogP contribution in [-0.2, 0) is 4.79 Å². The van der Waals surface area contributed by atoms with Gasteiger partial charge in [-0.25, -0.2) is 4.79 Å². The Kier molecular flexibility index (Phi) is 3.64. The third kappa shape index (κ3) is 2.44. The Balaban J connectivity index is 3.20. The molecule has 98 valence electrons. The number of hydrogen-bond donors (Lipinski definition) is 1. The molecule has 0 aliphatic carbocycles. The second-order valence-corrected chi connectivity index (χ2v) is 3.81. The second kappa shape index (κ2) is 4.82. The smallest absolute Gasteiger partial charge is 0.363 e. The van der Waals surface area contributed by atoms with Crippen molar-refractivity contribution in [3.05, 3.63) is 22.0 Å². The molecule has 0 saturated heterocycles. The Bertz CT molecular complexity index is 476. The van der Waals surface area contributed by atoms with Gasteiger partial charge in [-0.15, -0.1) is 0 Å². The van der Waals surface area contributed by atoms with Gasteiger partial charge in [0.1, 0.15) is 12.2 Å². The Hall–Kier alpha value is -2.45. The van der Waals surface area contributed by atoms with Crippen molar-refractivity contribution in [3.8, 4) is 0 Å². The topological polar surface area (TPSA) is 119 Å². The summed E-state index contributed by atoms with van der Waals surface area (Å²) in [5.74, 6) is -1.85. The lowest BCUT2D eigenvalue weighted by molar-refractivity contribution is -0.385. The van der Waals surface area contributed by atoms with Gasteiger partial charge in [0.25, 0.3) is 0 Å². The molecule has 1 N–H and O–H groups in total. The average molecular weight is 256 g/mol. The summed E-state index contributed by atoms with van der Waals surface area (Å²) >= 11 is 0. The first-order valence-electron chi connectivity index (χ1n) is 4.93. The first-order chi connectivity index (χ1) is 8.25. The molecule has 9 nitrogen and oxygen atoms in total. The van der Waals surface area contributed by atoms with Gasteiger partial charge in [0.2, 0.25) is 11.6 Å². The molecular weight excluding hydrogens is 244 g/mol. The van der Waals surface area contributed by atoms with E-state index in [1.165, 1.54) is 25.9 Å². The number of likely N-dealkylation sites (N-methyl/N-ethyl adjacent to an activating group) is 1. The quantitative estimate of drug-likeness (QED) is 0.604. The summed E-state index contributed by atoms with van der Waals surface area (Å²) in [5, 5.41) is 23.0. The maximum atomic E-state index is 11.7. The highest BCUT2D eigenvalue weighted by atomic mass is 16.6. The molecule has 18 heavy (non-hydrogen) atoms. The molecule has 0 aliphatic heterocycles. The van der Waals surface area contributed by atoms with E-state index in [2.05, 4.69) is 5.10 Å². The zero-order valence-corrected chi connectivity index (χ0v) is 10.0. The maximum Gasteiger partial charge on any atom is 0.363 e. The number of aromatic nitrogens is 2. The molecule has 0 bridgehead atoms. The minimum Gasteiger partial charge on any atom is -0.476 e. The monoisotopic (exact) mass is 256 g/mol. The fourth-order valence-electron chi connectivity index (χ4n) is 1.35. The molecule has 1 amide bonds. The minimum absolute atomic E-state index is 0.343. The largest absolute Gasteiger partial charge is 0.476 e. The lowest BCUT2D eigenvalue weighted by Gasteiger charge is -2.16. The number of nitro groups is 1. The van der Waals surface area contributed by atoms with Crippen LogP contribution in [0.4, 0.5) is 5.69 Å². The van der Waals surface area contributed by atoms with E-state index in [1.807, 2.05) is 0 Å². The molecule has 1 heterocycles. The molecule has 0 aliphatic rings. The summed E-state index contributed by atoms with van der Waals surface area (Å²) < 4.78 is 0.976. The molecule has 0 spiro atoms. The van der Waals surface area contributed by atoms with Crippen molar-refractivity contribution in [2.45, 2.75) is 13.0 Å². The van der Waals surface area contributed by atoms with Crippen LogP contribution in [0.2, 0.25) is 0 Å². The van der Waals surface area contributed by atoms with Crippen LogP contribution in [0.15, 0.2) is 6.20 Å². The van der Waals surface area contributed by atoms with E-state index >= 15 is 0 Å². The number of aromatic carboxylic acids is 1. The van der Waals surface area contributed by atoms with Crippen LogP contribution >= 0.6 is 0 Å². The lowest BCUT2D eigenvalue weighted by atomic mass is 10.3. The summed E-state index contributed by atoms with van der Waals surface area (Å²) in [4.78, 5) is 33.5. The van der Waals surface area contributed by atoms with Crippen LogP contribution < -0.4 is 0 Å². The maximum absolute atomic E-state index is 11.7. The van der Waals surface area contributed by atoms with E-state index in [1.54, 1.807) is 0 Å². The van der Waals surface area contributed by atoms with E-state index in [9.17, 15) is 19.7 Å². The Morgan fingerprint density at radius 2 is 2.11 bits per heavy atom. The van der Waals surface area contributed by atoms with Crippen LogP contribution in [0.25, 0.3) is 0 Å². The summed E-state index contributed by atoms with van der Waals surface area (Å²) in [6.07, 6.45) is 0.940. The number of nitrogens with zero attached hydrogens (tertiary/aromatic N) is 4. The van der Waals surface area contributed by atoms with Crippen molar-refractivity contribution >= 4 is 17.6 Å². The summed E-state index contributed by atoms with van der Waals surface area (Å²) in [6.45, 7) is 1.48. The molecular formula is C9H12N4O5. The van der Waals surface area contributed by atoms with Crippen molar-refractivity contribution in [1.82, 2.24) is 14.7 Å². The van der Waals surface area contributed by atoms with Gasteiger partial charge in [-0.2, -0.15) is 5.10 Å². The molecule has 0 saturated carbocycles. The van der Waals surface area contributed by atoms with Gasteiger partial charge in [0, 0.05) is 14.1 Å². The summed E-state index contributed by atoms with van der Waals surface area (Å²) in [7, 11) is 3.05. The minimum atomic E-state index is -1.51. The molecule has 1 aromatic rings. The SMILES string of the molecule is CC(C(=O)N(C)C)n1cc([N+](=O)[O-])c(C(=O)O)n1. The Morgan fingerprint density at radius 3 is 2.44 bits per heavy atom. The average Bonchev–Trinajstić information content (AvgIpc) is 2.71. The number of rotatable bonds is 4. The number of hydrogen-bond acceptors (Lipinski definition) is 5. The van der Waals surface area contributed by atoms with Crippen LogP contribution in [0.5, 0.6) is 0 Å². The normalized spacial score (nSPS) is 11.9. The van der Waals surface area contributed by atoms with Crippen molar-refractivity contribution in [2.75, 3.05) is 14.1 Å². The molecule has 0 aromatic carbocycles.